The molecule has 0 saturated carbocycles. The molecule has 0 fully saturated rings. The van der Waals surface area contributed by atoms with E-state index in [0.29, 0.717) is 5.57 Å². The van der Waals surface area contributed by atoms with Gasteiger partial charge in [-0.15, -0.1) is 11.3 Å². The minimum absolute atomic E-state index is 0.112. The quantitative estimate of drug-likeness (QED) is 0.335. The van der Waals surface area contributed by atoms with Crippen LogP contribution in [-0.2, 0) is 0 Å². The van der Waals surface area contributed by atoms with E-state index in [2.05, 4.69) is 41.3 Å². The maximum atomic E-state index is 9.55. The van der Waals surface area contributed by atoms with E-state index in [4.69, 9.17) is 0 Å². The third-order valence-electron chi connectivity index (χ3n) is 4.62. The maximum Gasteiger partial charge on any atom is 0.138 e. The lowest BCUT2D eigenvalue weighted by Crippen LogP contribution is -2.07. The van der Waals surface area contributed by atoms with Crippen LogP contribution in [0.5, 0.6) is 0 Å². The monoisotopic (exact) mass is 403 g/mol. The molecule has 3 aromatic carbocycles. The molecule has 0 aliphatic heterocycles. The van der Waals surface area contributed by atoms with Gasteiger partial charge < -0.3 is 4.90 Å². The van der Waals surface area contributed by atoms with Gasteiger partial charge in [-0.3, -0.25) is 0 Å². The molecule has 0 N–H and O–H groups in total. The second kappa shape index (κ2) is 8.92. The molecule has 0 atom stereocenters. The van der Waals surface area contributed by atoms with Gasteiger partial charge >= 0.3 is 0 Å². The Bertz CT molecular complexity index is 1190. The first kappa shape index (κ1) is 19.2. The van der Waals surface area contributed by atoms with Crippen LogP contribution in [0.2, 0.25) is 0 Å². The summed E-state index contributed by atoms with van der Waals surface area (Å²) in [7, 11) is 0. The first-order chi connectivity index (χ1) is 14.8. The predicted octanol–water partition coefficient (Wildman–Crippen LogP) is 7.07. The lowest BCUT2D eigenvalue weighted by molar-refractivity contribution is 1.32. The van der Waals surface area contributed by atoms with Crippen molar-refractivity contribution in [3.05, 3.63) is 119 Å². The molecule has 0 unspecified atom stereocenters. The fourth-order valence-corrected chi connectivity index (χ4v) is 4.41. The maximum absolute atomic E-state index is 9.55. The first-order valence-corrected chi connectivity index (χ1v) is 10.2. The van der Waals surface area contributed by atoms with Crippen LogP contribution >= 0.6 is 11.3 Å². The summed E-state index contributed by atoms with van der Waals surface area (Å²) in [5.41, 5.74) is 3.72. The highest BCUT2D eigenvalue weighted by Gasteiger charge is 2.18. The molecule has 1 aromatic heterocycles. The Labute approximate surface area is 180 Å². The van der Waals surface area contributed by atoms with E-state index in [-0.39, 0.29) is 5.57 Å². The highest BCUT2D eigenvalue weighted by Crippen LogP contribution is 2.42. The Balaban J connectivity index is 1.86. The van der Waals surface area contributed by atoms with Gasteiger partial charge in [0.2, 0.25) is 0 Å². The smallest absolute Gasteiger partial charge is 0.138 e. The van der Waals surface area contributed by atoms with Crippen molar-refractivity contribution in [2.45, 2.75) is 0 Å². The van der Waals surface area contributed by atoms with Crippen LogP contribution < -0.4 is 4.90 Å². The fraction of sp³-hybridized carbons (Fsp3) is 0. The number of nitrogens with zero attached hydrogens (tertiary/aromatic N) is 3. The van der Waals surface area contributed by atoms with Crippen LogP contribution in [0.1, 0.15) is 10.4 Å². The molecule has 142 valence electrons. The Morgan fingerprint density at radius 3 is 1.63 bits per heavy atom. The zero-order chi connectivity index (χ0) is 20.8. The highest BCUT2D eigenvalue weighted by atomic mass is 32.1. The summed E-state index contributed by atoms with van der Waals surface area (Å²) in [6.45, 7) is 0. The van der Waals surface area contributed by atoms with Gasteiger partial charge in [0.1, 0.15) is 22.7 Å². The van der Waals surface area contributed by atoms with Crippen molar-refractivity contribution >= 4 is 33.3 Å². The largest absolute Gasteiger partial charge is 0.302 e. The van der Waals surface area contributed by atoms with Crippen LogP contribution in [0.15, 0.2) is 109 Å². The second-order valence-corrected chi connectivity index (χ2v) is 7.55. The predicted molar refractivity (Wildman–Crippen MR) is 123 cm³/mol. The van der Waals surface area contributed by atoms with Crippen LogP contribution in [0, 0.1) is 22.7 Å². The van der Waals surface area contributed by atoms with E-state index in [1.807, 2.05) is 78.9 Å². The summed E-state index contributed by atoms with van der Waals surface area (Å²) in [6.07, 6.45) is 0. The molecule has 0 spiro atoms. The number of allylic oxidation sites excluding steroid dienone is 1. The second-order valence-electron chi connectivity index (χ2n) is 6.48. The van der Waals surface area contributed by atoms with E-state index < -0.39 is 0 Å². The zero-order valence-corrected chi connectivity index (χ0v) is 16.9. The van der Waals surface area contributed by atoms with Crippen molar-refractivity contribution in [1.29, 1.82) is 10.5 Å². The number of para-hydroxylation sites is 2. The molecular formula is C26H17N3S. The van der Waals surface area contributed by atoms with E-state index in [1.165, 1.54) is 0 Å². The lowest BCUT2D eigenvalue weighted by atomic mass is 10.00. The Morgan fingerprint density at radius 1 is 0.633 bits per heavy atom. The van der Waals surface area contributed by atoms with Crippen molar-refractivity contribution in [2.75, 3.05) is 4.90 Å². The molecule has 0 amide bonds. The third kappa shape index (κ3) is 3.86. The molecule has 30 heavy (non-hydrogen) atoms. The molecule has 4 aromatic rings. The number of rotatable bonds is 5. The van der Waals surface area contributed by atoms with Crippen molar-refractivity contribution in [2.24, 2.45) is 0 Å². The zero-order valence-electron chi connectivity index (χ0n) is 16.1. The number of hydrogen-bond donors (Lipinski definition) is 0. The van der Waals surface area contributed by atoms with Crippen LogP contribution in [-0.4, -0.2) is 0 Å². The average Bonchev–Trinajstić information content (AvgIpc) is 3.28. The van der Waals surface area contributed by atoms with Gasteiger partial charge in [0.15, 0.2) is 0 Å². The van der Waals surface area contributed by atoms with Crippen LogP contribution in [0.25, 0.3) is 5.57 Å². The number of nitriles is 2. The molecule has 0 radical (unpaired) electrons. The summed E-state index contributed by atoms with van der Waals surface area (Å²) in [4.78, 5) is 3.06. The molecular weight excluding hydrogens is 386 g/mol. The number of hydrogen-bond acceptors (Lipinski definition) is 4. The van der Waals surface area contributed by atoms with E-state index in [9.17, 15) is 10.5 Å². The van der Waals surface area contributed by atoms with Gasteiger partial charge in [-0.05, 0) is 42.0 Å². The van der Waals surface area contributed by atoms with Crippen molar-refractivity contribution in [3.8, 4) is 12.1 Å². The minimum Gasteiger partial charge on any atom is -0.302 e. The normalized spacial score (nSPS) is 9.93. The number of thiophene rings is 1. The Hall–Kier alpha value is -4.12. The topological polar surface area (TPSA) is 50.8 Å². The highest BCUT2D eigenvalue weighted by molar-refractivity contribution is 7.17. The molecule has 4 rings (SSSR count). The molecule has 0 saturated heterocycles. The standard InChI is InChI=1S/C26H17N3S/c27-18-21(19-28)26(20-10-4-1-5-11-20)24-16-17-25(30-24)29(22-12-6-2-7-13-22)23-14-8-3-9-15-23/h1-17H. The fourth-order valence-electron chi connectivity index (χ4n) is 3.29. The SMILES string of the molecule is N#CC(C#N)=C(c1ccccc1)c1ccc(N(c2ccccc2)c2ccccc2)s1. The molecule has 3 nitrogen and oxygen atoms in total. The van der Waals surface area contributed by atoms with Gasteiger partial charge in [0.25, 0.3) is 0 Å². The Kier molecular flexibility index (Phi) is 5.71. The summed E-state index contributed by atoms with van der Waals surface area (Å²) in [6, 6.07) is 38.0. The van der Waals surface area contributed by atoms with Gasteiger partial charge in [0.05, 0.1) is 0 Å². The summed E-state index contributed by atoms with van der Waals surface area (Å²) in [5.74, 6) is 0. The van der Waals surface area contributed by atoms with E-state index in [1.54, 1.807) is 11.3 Å². The number of benzene rings is 3. The minimum atomic E-state index is 0.112. The molecule has 0 aliphatic carbocycles. The lowest BCUT2D eigenvalue weighted by Gasteiger charge is -2.23. The van der Waals surface area contributed by atoms with E-state index >= 15 is 0 Å². The van der Waals surface area contributed by atoms with Gasteiger partial charge in [0, 0.05) is 21.8 Å². The van der Waals surface area contributed by atoms with Crippen LogP contribution in [0.4, 0.5) is 16.4 Å². The molecule has 0 aliphatic rings. The van der Waals surface area contributed by atoms with Crippen molar-refractivity contribution in [3.63, 3.8) is 0 Å². The van der Waals surface area contributed by atoms with E-state index in [0.717, 1.165) is 26.8 Å². The summed E-state index contributed by atoms with van der Waals surface area (Å²) in [5, 5.41) is 20.1. The molecule has 1 heterocycles. The first-order valence-electron chi connectivity index (χ1n) is 9.42. The van der Waals surface area contributed by atoms with Crippen molar-refractivity contribution < 1.29 is 0 Å². The van der Waals surface area contributed by atoms with Gasteiger partial charge in [-0.2, -0.15) is 10.5 Å². The Morgan fingerprint density at radius 2 is 1.13 bits per heavy atom. The molecule has 4 heteroatoms. The van der Waals surface area contributed by atoms with Crippen LogP contribution in [0.3, 0.4) is 0 Å². The average molecular weight is 404 g/mol. The van der Waals surface area contributed by atoms with Gasteiger partial charge in [-0.1, -0.05) is 66.7 Å². The third-order valence-corrected chi connectivity index (χ3v) is 5.71. The van der Waals surface area contributed by atoms with Crippen molar-refractivity contribution in [1.82, 2.24) is 0 Å². The summed E-state index contributed by atoms with van der Waals surface area (Å²) >= 11 is 1.56. The van der Waals surface area contributed by atoms with Gasteiger partial charge in [-0.25, -0.2) is 0 Å². The molecule has 0 bridgehead atoms. The number of anilines is 3. The summed E-state index contributed by atoms with van der Waals surface area (Å²) < 4.78 is 0.